The van der Waals surface area contributed by atoms with Gasteiger partial charge in [0.05, 0.1) is 0 Å². The minimum Gasteiger partial charge on any atom is -0.266 e. The first-order chi connectivity index (χ1) is 9.54. The SMILES string of the molecule is CCCCCN1C(=O)C(=O)N(CCCCC)C(=O)C1=O. The molecule has 1 fully saturated rings. The van der Waals surface area contributed by atoms with Gasteiger partial charge in [0, 0.05) is 13.1 Å². The smallest absolute Gasteiger partial charge is 0.266 e. The molecule has 1 aliphatic heterocycles. The summed E-state index contributed by atoms with van der Waals surface area (Å²) in [6.07, 6.45) is 4.79. The monoisotopic (exact) mass is 282 g/mol. The lowest BCUT2D eigenvalue weighted by Crippen LogP contribution is -2.60. The number of carbonyl (C=O) groups excluding carboxylic acids is 4. The fourth-order valence-electron chi connectivity index (χ4n) is 2.09. The second-order valence-electron chi connectivity index (χ2n) is 4.94. The Kier molecular flexibility index (Phi) is 6.35. The molecule has 0 unspecified atom stereocenters. The summed E-state index contributed by atoms with van der Waals surface area (Å²) in [5.41, 5.74) is 0. The number of unbranched alkanes of at least 4 members (excludes halogenated alkanes) is 4. The van der Waals surface area contributed by atoms with Crippen LogP contribution >= 0.6 is 0 Å². The van der Waals surface area contributed by atoms with Crippen LogP contribution in [0.25, 0.3) is 0 Å². The highest BCUT2D eigenvalue weighted by molar-refractivity contribution is 6.54. The predicted molar refractivity (Wildman–Crippen MR) is 72.5 cm³/mol. The van der Waals surface area contributed by atoms with Gasteiger partial charge in [-0.3, -0.25) is 29.0 Å². The Morgan fingerprint density at radius 1 is 0.600 bits per heavy atom. The number of carbonyl (C=O) groups is 4. The first kappa shape index (κ1) is 16.3. The van der Waals surface area contributed by atoms with Crippen LogP contribution in [-0.2, 0) is 19.2 Å². The van der Waals surface area contributed by atoms with Crippen molar-refractivity contribution in [3.63, 3.8) is 0 Å². The molecule has 6 nitrogen and oxygen atoms in total. The van der Waals surface area contributed by atoms with Gasteiger partial charge in [0.2, 0.25) is 0 Å². The van der Waals surface area contributed by atoms with E-state index in [0.29, 0.717) is 12.8 Å². The molecule has 0 aliphatic carbocycles. The first-order valence-corrected chi connectivity index (χ1v) is 7.26. The van der Waals surface area contributed by atoms with Gasteiger partial charge in [0.1, 0.15) is 0 Å². The molecular weight excluding hydrogens is 260 g/mol. The fraction of sp³-hybridized carbons (Fsp3) is 0.714. The zero-order valence-electron chi connectivity index (χ0n) is 12.2. The molecule has 4 amide bonds. The van der Waals surface area contributed by atoms with E-state index in [1.165, 1.54) is 0 Å². The average Bonchev–Trinajstić information content (AvgIpc) is 2.44. The minimum atomic E-state index is -0.873. The number of imide groups is 2. The Labute approximate surface area is 119 Å². The number of piperazine rings is 1. The Balaban J connectivity index is 2.70. The summed E-state index contributed by atoms with van der Waals surface area (Å²) in [6, 6.07) is 0. The summed E-state index contributed by atoms with van der Waals surface area (Å²) in [5, 5.41) is 0. The number of hydrogen-bond acceptors (Lipinski definition) is 4. The molecule has 6 heteroatoms. The van der Waals surface area contributed by atoms with Gasteiger partial charge in [0.15, 0.2) is 0 Å². The van der Waals surface area contributed by atoms with E-state index < -0.39 is 23.6 Å². The van der Waals surface area contributed by atoms with Crippen LogP contribution in [0, 0.1) is 0 Å². The van der Waals surface area contributed by atoms with Crippen molar-refractivity contribution >= 4 is 23.6 Å². The molecule has 1 rings (SSSR count). The number of nitrogens with zero attached hydrogens (tertiary/aromatic N) is 2. The summed E-state index contributed by atoms with van der Waals surface area (Å²) in [5.74, 6) is -3.49. The molecule has 1 saturated heterocycles. The standard InChI is InChI=1S/C14H22N2O4/c1-3-5-7-9-15-11(17)13(19)16(10-8-6-4-2)14(20)12(15)18/h3-10H2,1-2H3. The average molecular weight is 282 g/mol. The molecule has 0 spiro atoms. The van der Waals surface area contributed by atoms with Gasteiger partial charge in [-0.15, -0.1) is 0 Å². The molecule has 0 saturated carbocycles. The third-order valence-corrected chi connectivity index (χ3v) is 3.32. The zero-order valence-corrected chi connectivity index (χ0v) is 12.2. The second-order valence-corrected chi connectivity index (χ2v) is 4.94. The Hall–Kier alpha value is -1.72. The maximum atomic E-state index is 11.9. The van der Waals surface area contributed by atoms with E-state index in [1.807, 2.05) is 13.8 Å². The van der Waals surface area contributed by atoms with Crippen LogP contribution < -0.4 is 0 Å². The third-order valence-electron chi connectivity index (χ3n) is 3.32. The van der Waals surface area contributed by atoms with Gasteiger partial charge in [-0.2, -0.15) is 0 Å². The molecule has 112 valence electrons. The van der Waals surface area contributed by atoms with E-state index in [4.69, 9.17) is 0 Å². The van der Waals surface area contributed by atoms with E-state index in [2.05, 4.69) is 0 Å². The van der Waals surface area contributed by atoms with E-state index in [-0.39, 0.29) is 13.1 Å². The number of rotatable bonds is 8. The number of hydrogen-bond donors (Lipinski definition) is 0. The maximum Gasteiger partial charge on any atom is 0.319 e. The molecule has 0 bridgehead atoms. The molecule has 0 aromatic rings. The summed E-state index contributed by atoms with van der Waals surface area (Å²) in [7, 11) is 0. The van der Waals surface area contributed by atoms with Crippen molar-refractivity contribution in [1.82, 2.24) is 9.80 Å². The highest BCUT2D eigenvalue weighted by Crippen LogP contribution is 2.11. The van der Waals surface area contributed by atoms with Gasteiger partial charge in [0.25, 0.3) is 0 Å². The van der Waals surface area contributed by atoms with E-state index in [1.54, 1.807) is 0 Å². The molecule has 0 atom stereocenters. The Bertz CT molecular complexity index is 340. The first-order valence-electron chi connectivity index (χ1n) is 7.26. The summed E-state index contributed by atoms with van der Waals surface area (Å²) >= 11 is 0. The van der Waals surface area contributed by atoms with Crippen molar-refractivity contribution in [3.05, 3.63) is 0 Å². The van der Waals surface area contributed by atoms with E-state index in [0.717, 1.165) is 35.5 Å². The lowest BCUT2D eigenvalue weighted by molar-refractivity contribution is -0.171. The van der Waals surface area contributed by atoms with Gasteiger partial charge in [-0.1, -0.05) is 39.5 Å². The molecule has 0 aromatic heterocycles. The molecule has 20 heavy (non-hydrogen) atoms. The largest absolute Gasteiger partial charge is 0.319 e. The predicted octanol–water partition coefficient (Wildman–Crippen LogP) is 1.09. The molecule has 0 radical (unpaired) electrons. The molecular formula is C14H22N2O4. The van der Waals surface area contributed by atoms with E-state index >= 15 is 0 Å². The quantitative estimate of drug-likeness (QED) is 0.379. The summed E-state index contributed by atoms with van der Waals surface area (Å²) in [6.45, 7) is 4.27. The number of amides is 4. The maximum absolute atomic E-state index is 11.9. The topological polar surface area (TPSA) is 74.8 Å². The van der Waals surface area contributed by atoms with Crippen LogP contribution in [0.3, 0.4) is 0 Å². The van der Waals surface area contributed by atoms with E-state index in [9.17, 15) is 19.2 Å². The van der Waals surface area contributed by atoms with Gasteiger partial charge in [-0.25, -0.2) is 0 Å². The Morgan fingerprint density at radius 3 is 1.15 bits per heavy atom. The van der Waals surface area contributed by atoms with Crippen LogP contribution in [0.2, 0.25) is 0 Å². The zero-order chi connectivity index (χ0) is 15.1. The second kappa shape index (κ2) is 7.77. The van der Waals surface area contributed by atoms with Crippen LogP contribution in [0.4, 0.5) is 0 Å². The summed E-state index contributed by atoms with van der Waals surface area (Å²) in [4.78, 5) is 49.1. The van der Waals surface area contributed by atoms with Crippen molar-refractivity contribution in [1.29, 1.82) is 0 Å². The van der Waals surface area contributed by atoms with Crippen LogP contribution in [0.1, 0.15) is 52.4 Å². The van der Waals surface area contributed by atoms with Crippen molar-refractivity contribution in [2.24, 2.45) is 0 Å². The lowest BCUT2D eigenvalue weighted by Gasteiger charge is -2.30. The van der Waals surface area contributed by atoms with Crippen molar-refractivity contribution in [2.45, 2.75) is 52.4 Å². The lowest BCUT2D eigenvalue weighted by atomic mass is 10.2. The minimum absolute atomic E-state index is 0.145. The van der Waals surface area contributed by atoms with Crippen LogP contribution in [0.5, 0.6) is 0 Å². The van der Waals surface area contributed by atoms with Crippen molar-refractivity contribution in [2.75, 3.05) is 13.1 Å². The van der Waals surface area contributed by atoms with Crippen LogP contribution in [0.15, 0.2) is 0 Å². The third kappa shape index (κ3) is 3.65. The van der Waals surface area contributed by atoms with Crippen molar-refractivity contribution < 1.29 is 19.2 Å². The fourth-order valence-corrected chi connectivity index (χ4v) is 2.09. The highest BCUT2D eigenvalue weighted by atomic mass is 16.2. The molecule has 1 heterocycles. The normalized spacial score (nSPS) is 16.3. The Morgan fingerprint density at radius 2 is 0.900 bits per heavy atom. The van der Waals surface area contributed by atoms with Gasteiger partial charge in [-0.05, 0) is 12.8 Å². The highest BCUT2D eigenvalue weighted by Gasteiger charge is 2.44. The van der Waals surface area contributed by atoms with Crippen LogP contribution in [-0.4, -0.2) is 46.5 Å². The van der Waals surface area contributed by atoms with Crippen molar-refractivity contribution in [3.8, 4) is 0 Å². The molecule has 1 aliphatic rings. The summed E-state index contributed by atoms with van der Waals surface area (Å²) < 4.78 is 0. The van der Waals surface area contributed by atoms with Gasteiger partial charge < -0.3 is 0 Å². The van der Waals surface area contributed by atoms with Gasteiger partial charge >= 0.3 is 23.6 Å². The molecule has 0 N–H and O–H groups in total. The molecule has 0 aromatic carbocycles.